The maximum atomic E-state index is 13.3. The van der Waals surface area contributed by atoms with Crippen molar-refractivity contribution in [1.29, 1.82) is 0 Å². The van der Waals surface area contributed by atoms with Gasteiger partial charge in [-0.3, -0.25) is 14.4 Å². The number of nitrogens with zero attached hydrogens (tertiary/aromatic N) is 3. The smallest absolute Gasteiger partial charge is 0.258 e. The van der Waals surface area contributed by atoms with Gasteiger partial charge in [-0.15, -0.1) is 0 Å². The topological polar surface area (TPSA) is 90.4 Å². The Balaban J connectivity index is 1.47. The molecule has 2 aromatic carbocycles. The fourth-order valence-electron chi connectivity index (χ4n) is 4.45. The zero-order chi connectivity index (χ0) is 22.0. The highest BCUT2D eigenvalue weighted by Gasteiger charge is 2.38. The summed E-state index contributed by atoms with van der Waals surface area (Å²) in [5, 5.41) is 12.2. The monoisotopic (exact) mass is 425 g/mol. The van der Waals surface area contributed by atoms with Crippen LogP contribution in [0.3, 0.4) is 0 Å². The molecule has 1 atom stereocenters. The summed E-state index contributed by atoms with van der Waals surface area (Å²) in [5.41, 5.74) is 0.216. The molecule has 0 spiro atoms. The Hall–Kier alpha value is -3.13. The van der Waals surface area contributed by atoms with Gasteiger partial charge in [0.15, 0.2) is 0 Å². The molecule has 2 heterocycles. The largest absolute Gasteiger partial charge is 0.506 e. The van der Waals surface area contributed by atoms with Crippen molar-refractivity contribution < 1.29 is 24.2 Å². The number of carbonyl (C=O) groups excluding carboxylic acids is 3. The van der Waals surface area contributed by atoms with E-state index in [1.165, 1.54) is 7.11 Å². The van der Waals surface area contributed by atoms with Gasteiger partial charge in [0.25, 0.3) is 5.91 Å². The zero-order valence-corrected chi connectivity index (χ0v) is 17.6. The molecule has 0 aliphatic carbocycles. The molecule has 2 fully saturated rings. The van der Waals surface area contributed by atoms with Gasteiger partial charge >= 0.3 is 0 Å². The van der Waals surface area contributed by atoms with Gasteiger partial charge in [-0.05, 0) is 24.3 Å². The molecule has 0 bridgehead atoms. The van der Waals surface area contributed by atoms with Crippen molar-refractivity contribution in [3.63, 3.8) is 0 Å². The number of fused-ring (bicyclic) bond motifs is 1. The summed E-state index contributed by atoms with van der Waals surface area (Å²) in [4.78, 5) is 43.4. The van der Waals surface area contributed by atoms with Crippen LogP contribution in [-0.2, 0) is 14.3 Å². The first-order valence-corrected chi connectivity index (χ1v) is 10.6. The van der Waals surface area contributed by atoms with Crippen LogP contribution in [0.2, 0.25) is 0 Å². The maximum Gasteiger partial charge on any atom is 0.258 e. The fraction of sp³-hybridized carbons (Fsp3) is 0.435. The summed E-state index contributed by atoms with van der Waals surface area (Å²) < 4.78 is 4.89. The summed E-state index contributed by atoms with van der Waals surface area (Å²) in [5.74, 6) is -0.552. The highest BCUT2D eigenvalue weighted by molar-refractivity contribution is 6.05. The summed E-state index contributed by atoms with van der Waals surface area (Å²) >= 11 is 0. The van der Waals surface area contributed by atoms with E-state index in [9.17, 15) is 19.5 Å². The number of likely N-dealkylation sites (tertiary alicyclic amines) is 1. The molecule has 2 aliphatic heterocycles. The van der Waals surface area contributed by atoms with Gasteiger partial charge in [0, 0.05) is 45.2 Å². The Bertz CT molecular complexity index is 1000. The molecular weight excluding hydrogens is 398 g/mol. The van der Waals surface area contributed by atoms with Crippen molar-refractivity contribution >= 4 is 28.5 Å². The number of benzene rings is 2. The second-order valence-corrected chi connectivity index (χ2v) is 7.98. The van der Waals surface area contributed by atoms with Crippen molar-refractivity contribution in [3.05, 3.63) is 42.0 Å². The molecule has 3 amide bonds. The SMILES string of the molecule is COCC(=O)N1CCN(C(=O)C2CCCN2C(=O)c2ccc3ccccc3c2O)CC1. The van der Waals surface area contributed by atoms with Crippen molar-refractivity contribution in [1.82, 2.24) is 14.7 Å². The average Bonchev–Trinajstić information content (AvgIpc) is 3.29. The number of carbonyl (C=O) groups is 3. The van der Waals surface area contributed by atoms with Crippen molar-refractivity contribution in [2.45, 2.75) is 18.9 Å². The predicted octanol–water partition coefficient (Wildman–Crippen LogP) is 1.47. The summed E-state index contributed by atoms with van der Waals surface area (Å²) in [6, 6.07) is 10.2. The Morgan fingerprint density at radius 3 is 2.45 bits per heavy atom. The summed E-state index contributed by atoms with van der Waals surface area (Å²) in [6.07, 6.45) is 1.34. The van der Waals surface area contributed by atoms with E-state index >= 15 is 0 Å². The van der Waals surface area contributed by atoms with Gasteiger partial charge < -0.3 is 24.5 Å². The van der Waals surface area contributed by atoms with Crippen LogP contribution in [0.5, 0.6) is 5.75 Å². The number of piperazine rings is 1. The van der Waals surface area contributed by atoms with Crippen molar-refractivity contribution in [2.24, 2.45) is 0 Å². The van der Waals surface area contributed by atoms with Crippen molar-refractivity contribution in [2.75, 3.05) is 46.4 Å². The van der Waals surface area contributed by atoms with Crippen LogP contribution in [0.15, 0.2) is 36.4 Å². The van der Waals surface area contributed by atoms with E-state index in [0.717, 1.165) is 11.8 Å². The lowest BCUT2D eigenvalue weighted by Crippen LogP contribution is -2.55. The molecule has 0 saturated carbocycles. The molecule has 31 heavy (non-hydrogen) atoms. The van der Waals surface area contributed by atoms with E-state index < -0.39 is 6.04 Å². The lowest BCUT2D eigenvalue weighted by Gasteiger charge is -2.37. The Morgan fingerprint density at radius 2 is 1.71 bits per heavy atom. The minimum atomic E-state index is -0.542. The second kappa shape index (κ2) is 8.93. The van der Waals surface area contributed by atoms with E-state index in [-0.39, 0.29) is 35.6 Å². The molecule has 4 rings (SSSR count). The highest BCUT2D eigenvalue weighted by atomic mass is 16.5. The molecule has 1 unspecified atom stereocenters. The normalized spacial score (nSPS) is 19.1. The molecule has 2 aromatic rings. The molecule has 1 N–H and O–H groups in total. The minimum absolute atomic E-state index is 0.0358. The van der Waals surface area contributed by atoms with E-state index in [0.29, 0.717) is 44.5 Å². The zero-order valence-electron chi connectivity index (χ0n) is 17.6. The first kappa shape index (κ1) is 21.1. The molecule has 2 saturated heterocycles. The third kappa shape index (κ3) is 4.07. The van der Waals surface area contributed by atoms with Gasteiger partial charge in [0.1, 0.15) is 18.4 Å². The first-order chi connectivity index (χ1) is 15.0. The number of rotatable bonds is 4. The number of phenolic OH excluding ortho intramolecular Hbond substituents is 1. The van der Waals surface area contributed by atoms with Crippen LogP contribution in [0.25, 0.3) is 10.8 Å². The Morgan fingerprint density at radius 1 is 1.00 bits per heavy atom. The number of aromatic hydroxyl groups is 1. The second-order valence-electron chi connectivity index (χ2n) is 7.98. The predicted molar refractivity (Wildman–Crippen MR) is 115 cm³/mol. The quantitative estimate of drug-likeness (QED) is 0.801. The van der Waals surface area contributed by atoms with Gasteiger partial charge in [-0.2, -0.15) is 0 Å². The average molecular weight is 425 g/mol. The lowest BCUT2D eigenvalue weighted by molar-refractivity contribution is -0.143. The molecule has 2 aliphatic rings. The molecule has 8 nitrogen and oxygen atoms in total. The first-order valence-electron chi connectivity index (χ1n) is 10.6. The standard InChI is InChI=1S/C23H27N3O5/c1-31-15-20(27)24-11-13-25(14-12-24)23(30)19-7-4-10-26(19)22(29)18-9-8-16-5-2-3-6-17(16)21(18)28/h2-3,5-6,8-9,19,28H,4,7,10-15H2,1H3. The number of methoxy groups -OCH3 is 1. The Kier molecular flexibility index (Phi) is 6.08. The number of hydrogen-bond donors (Lipinski definition) is 1. The Labute approximate surface area is 181 Å². The third-order valence-electron chi connectivity index (χ3n) is 6.14. The van der Waals surface area contributed by atoms with E-state index in [2.05, 4.69) is 0 Å². The van der Waals surface area contributed by atoms with Gasteiger partial charge in [0.2, 0.25) is 11.8 Å². The summed E-state index contributed by atoms with van der Waals surface area (Å²) in [6.45, 7) is 2.31. The molecular formula is C23H27N3O5. The van der Waals surface area contributed by atoms with Crippen LogP contribution in [0.4, 0.5) is 0 Å². The van der Waals surface area contributed by atoms with E-state index in [1.807, 2.05) is 24.3 Å². The maximum absolute atomic E-state index is 13.3. The highest BCUT2D eigenvalue weighted by Crippen LogP contribution is 2.31. The number of ether oxygens (including phenoxy) is 1. The van der Waals surface area contributed by atoms with Crippen LogP contribution in [-0.4, -0.2) is 90.0 Å². The van der Waals surface area contributed by atoms with Crippen LogP contribution >= 0.6 is 0 Å². The summed E-state index contributed by atoms with van der Waals surface area (Å²) in [7, 11) is 1.48. The van der Waals surface area contributed by atoms with Crippen LogP contribution in [0.1, 0.15) is 23.2 Å². The number of amides is 3. The lowest BCUT2D eigenvalue weighted by atomic mass is 10.0. The van der Waals surface area contributed by atoms with Crippen LogP contribution < -0.4 is 0 Å². The fourth-order valence-corrected chi connectivity index (χ4v) is 4.45. The molecule has 8 heteroatoms. The van der Waals surface area contributed by atoms with Crippen LogP contribution in [0, 0.1) is 0 Å². The third-order valence-corrected chi connectivity index (χ3v) is 6.14. The van der Waals surface area contributed by atoms with E-state index in [1.54, 1.807) is 26.8 Å². The number of hydrogen-bond acceptors (Lipinski definition) is 5. The molecule has 0 radical (unpaired) electrons. The molecule has 164 valence electrons. The van der Waals surface area contributed by atoms with Gasteiger partial charge in [-0.1, -0.05) is 30.3 Å². The minimum Gasteiger partial charge on any atom is -0.506 e. The van der Waals surface area contributed by atoms with E-state index in [4.69, 9.17) is 4.74 Å². The molecule has 0 aromatic heterocycles. The van der Waals surface area contributed by atoms with Gasteiger partial charge in [-0.25, -0.2) is 0 Å². The van der Waals surface area contributed by atoms with Gasteiger partial charge in [0.05, 0.1) is 5.56 Å². The number of phenols is 1. The van der Waals surface area contributed by atoms with Crippen molar-refractivity contribution in [3.8, 4) is 5.75 Å².